The average molecular weight is 201 g/mol. The van der Waals surface area contributed by atoms with Gasteiger partial charge in [-0.05, 0) is 0 Å². The number of hydrogen-bond donors (Lipinski definition) is 2. The summed E-state index contributed by atoms with van der Waals surface area (Å²) in [5, 5.41) is 27.5. The van der Waals surface area contributed by atoms with Gasteiger partial charge in [-0.2, -0.15) is 0 Å². The quantitative estimate of drug-likeness (QED) is 0.551. The van der Waals surface area contributed by atoms with E-state index in [-0.39, 0.29) is 0 Å². The van der Waals surface area contributed by atoms with E-state index in [0.717, 1.165) is 0 Å². The van der Waals surface area contributed by atoms with E-state index in [0.29, 0.717) is 12.1 Å². The first-order valence-corrected chi connectivity index (χ1v) is 3.33. The molecule has 0 aromatic heterocycles. The van der Waals surface area contributed by atoms with Gasteiger partial charge in [0, 0.05) is 6.07 Å². The molecule has 14 heavy (non-hydrogen) atoms. The van der Waals surface area contributed by atoms with Crippen molar-refractivity contribution < 1.29 is 24.3 Å². The van der Waals surface area contributed by atoms with Crippen LogP contribution in [-0.2, 0) is 0 Å². The van der Waals surface area contributed by atoms with Crippen molar-refractivity contribution in [3.8, 4) is 5.75 Å². The SMILES string of the molecule is O=C(O)c1cc(O)c([N+](=O)[O-])cc1F. The van der Waals surface area contributed by atoms with Crippen molar-refractivity contribution in [1.29, 1.82) is 0 Å². The lowest BCUT2D eigenvalue weighted by Crippen LogP contribution is -2.01. The number of carboxylic acid groups (broad SMARTS) is 1. The number of nitro benzene ring substituents is 1. The molecule has 0 spiro atoms. The fourth-order valence-corrected chi connectivity index (χ4v) is 0.861. The van der Waals surface area contributed by atoms with Gasteiger partial charge in [-0.15, -0.1) is 0 Å². The molecule has 6 nitrogen and oxygen atoms in total. The second-order valence-electron chi connectivity index (χ2n) is 2.38. The van der Waals surface area contributed by atoms with Gasteiger partial charge >= 0.3 is 11.7 Å². The molecule has 1 rings (SSSR count). The molecule has 0 unspecified atom stereocenters. The summed E-state index contributed by atoms with van der Waals surface area (Å²) in [6.07, 6.45) is 0. The Morgan fingerprint density at radius 1 is 1.50 bits per heavy atom. The van der Waals surface area contributed by atoms with Gasteiger partial charge < -0.3 is 10.2 Å². The van der Waals surface area contributed by atoms with Gasteiger partial charge in [-0.3, -0.25) is 10.1 Å². The molecule has 0 aliphatic heterocycles. The van der Waals surface area contributed by atoms with Crippen molar-refractivity contribution in [2.75, 3.05) is 0 Å². The van der Waals surface area contributed by atoms with E-state index >= 15 is 0 Å². The molecule has 0 aliphatic rings. The van der Waals surface area contributed by atoms with Crippen molar-refractivity contribution in [3.05, 3.63) is 33.6 Å². The number of aromatic hydroxyl groups is 1. The number of carboxylic acids is 1. The van der Waals surface area contributed by atoms with E-state index in [1.54, 1.807) is 0 Å². The topological polar surface area (TPSA) is 101 Å². The summed E-state index contributed by atoms with van der Waals surface area (Å²) < 4.78 is 12.8. The van der Waals surface area contributed by atoms with Crippen molar-refractivity contribution in [3.63, 3.8) is 0 Å². The van der Waals surface area contributed by atoms with Gasteiger partial charge in [-0.1, -0.05) is 0 Å². The van der Waals surface area contributed by atoms with Gasteiger partial charge in [0.25, 0.3) is 0 Å². The van der Waals surface area contributed by atoms with Crippen LogP contribution in [0.3, 0.4) is 0 Å². The Morgan fingerprint density at radius 3 is 2.50 bits per heavy atom. The first kappa shape index (κ1) is 9.90. The largest absolute Gasteiger partial charge is 0.502 e. The number of rotatable bonds is 2. The number of hydrogen-bond acceptors (Lipinski definition) is 4. The van der Waals surface area contributed by atoms with E-state index in [1.165, 1.54) is 0 Å². The highest BCUT2D eigenvalue weighted by Crippen LogP contribution is 2.28. The summed E-state index contributed by atoms with van der Waals surface area (Å²) in [4.78, 5) is 19.5. The van der Waals surface area contributed by atoms with Crippen LogP contribution in [0.15, 0.2) is 12.1 Å². The number of halogens is 1. The minimum Gasteiger partial charge on any atom is -0.502 e. The number of nitro groups is 1. The van der Waals surface area contributed by atoms with Crippen LogP contribution in [0, 0.1) is 15.9 Å². The third-order valence-corrected chi connectivity index (χ3v) is 1.49. The number of aromatic carboxylic acids is 1. The highest BCUT2D eigenvalue weighted by Gasteiger charge is 2.20. The van der Waals surface area contributed by atoms with E-state index in [1.807, 2.05) is 0 Å². The van der Waals surface area contributed by atoms with E-state index in [4.69, 9.17) is 10.2 Å². The lowest BCUT2D eigenvalue weighted by atomic mass is 10.2. The standard InChI is InChI=1S/C7H4FNO5/c8-4-2-5(9(13)14)6(10)1-3(4)7(11)12/h1-2,10H,(H,11,12). The zero-order valence-electron chi connectivity index (χ0n) is 6.60. The fraction of sp³-hybridized carbons (Fsp3) is 0. The molecular weight excluding hydrogens is 197 g/mol. The Bertz CT molecular complexity index is 377. The number of phenolic OH excluding ortho intramolecular Hbond substituents is 1. The molecule has 0 heterocycles. The molecular formula is C7H4FNO5. The third-order valence-electron chi connectivity index (χ3n) is 1.49. The Kier molecular flexibility index (Phi) is 2.32. The number of nitrogens with zero attached hydrogens (tertiary/aromatic N) is 1. The van der Waals surface area contributed by atoms with Crippen molar-refractivity contribution in [2.45, 2.75) is 0 Å². The third kappa shape index (κ3) is 1.60. The first-order valence-electron chi connectivity index (χ1n) is 3.33. The number of phenols is 1. The van der Waals surface area contributed by atoms with Crippen molar-refractivity contribution >= 4 is 11.7 Å². The first-order chi connectivity index (χ1) is 6.43. The van der Waals surface area contributed by atoms with Crippen LogP contribution >= 0.6 is 0 Å². The van der Waals surface area contributed by atoms with Crippen LogP contribution in [0.2, 0.25) is 0 Å². The van der Waals surface area contributed by atoms with Crippen LogP contribution in [-0.4, -0.2) is 21.1 Å². The lowest BCUT2D eigenvalue weighted by molar-refractivity contribution is -0.386. The van der Waals surface area contributed by atoms with Gasteiger partial charge in [-0.25, -0.2) is 9.18 Å². The van der Waals surface area contributed by atoms with Gasteiger partial charge in [0.2, 0.25) is 0 Å². The Balaban J connectivity index is 3.38. The smallest absolute Gasteiger partial charge is 0.338 e. The summed E-state index contributed by atoms with van der Waals surface area (Å²) >= 11 is 0. The second kappa shape index (κ2) is 3.29. The minimum absolute atomic E-state index is 0.360. The molecule has 7 heteroatoms. The molecule has 0 amide bonds. The zero-order chi connectivity index (χ0) is 10.9. The van der Waals surface area contributed by atoms with Crippen LogP contribution in [0.5, 0.6) is 5.75 Å². The molecule has 0 saturated heterocycles. The molecule has 74 valence electrons. The highest BCUT2D eigenvalue weighted by atomic mass is 19.1. The maximum Gasteiger partial charge on any atom is 0.338 e. The van der Waals surface area contributed by atoms with Crippen molar-refractivity contribution in [2.24, 2.45) is 0 Å². The molecule has 1 aromatic carbocycles. The monoisotopic (exact) mass is 201 g/mol. The van der Waals surface area contributed by atoms with Crippen LogP contribution < -0.4 is 0 Å². The van der Waals surface area contributed by atoms with Gasteiger partial charge in [0.1, 0.15) is 5.82 Å². The zero-order valence-corrected chi connectivity index (χ0v) is 6.60. The molecule has 0 radical (unpaired) electrons. The average Bonchev–Trinajstić information content (AvgIpc) is 2.07. The van der Waals surface area contributed by atoms with Crippen LogP contribution in [0.4, 0.5) is 10.1 Å². The van der Waals surface area contributed by atoms with Gasteiger partial charge in [0.15, 0.2) is 5.75 Å². The highest BCUT2D eigenvalue weighted by molar-refractivity contribution is 5.89. The van der Waals surface area contributed by atoms with Gasteiger partial charge in [0.05, 0.1) is 16.6 Å². The fourth-order valence-electron chi connectivity index (χ4n) is 0.861. The molecule has 2 N–H and O–H groups in total. The van der Waals surface area contributed by atoms with E-state index in [9.17, 15) is 19.3 Å². The number of carbonyl (C=O) groups is 1. The minimum atomic E-state index is -1.60. The summed E-state index contributed by atoms with van der Waals surface area (Å²) in [5.74, 6) is -3.75. The molecule has 0 fully saturated rings. The normalized spacial score (nSPS) is 9.79. The summed E-state index contributed by atoms with van der Waals surface area (Å²) in [6, 6.07) is 0.856. The van der Waals surface area contributed by atoms with Crippen molar-refractivity contribution in [1.82, 2.24) is 0 Å². The second-order valence-corrected chi connectivity index (χ2v) is 2.38. The van der Waals surface area contributed by atoms with Crippen LogP contribution in [0.1, 0.15) is 10.4 Å². The molecule has 1 aromatic rings. The molecule has 0 saturated carbocycles. The summed E-state index contributed by atoms with van der Waals surface area (Å²) in [5.41, 5.74) is -1.68. The molecule has 0 atom stereocenters. The lowest BCUT2D eigenvalue weighted by Gasteiger charge is -1.99. The summed E-state index contributed by atoms with van der Waals surface area (Å²) in [6.45, 7) is 0. The van der Waals surface area contributed by atoms with Crippen LogP contribution in [0.25, 0.3) is 0 Å². The Morgan fingerprint density at radius 2 is 2.07 bits per heavy atom. The maximum absolute atomic E-state index is 12.8. The maximum atomic E-state index is 12.8. The predicted octanol–water partition coefficient (Wildman–Crippen LogP) is 1.14. The Labute approximate surface area is 76.4 Å². The van der Waals surface area contributed by atoms with E-state index < -0.39 is 33.7 Å². The summed E-state index contributed by atoms with van der Waals surface area (Å²) in [7, 11) is 0. The predicted molar refractivity (Wildman–Crippen MR) is 41.7 cm³/mol. The molecule has 0 aliphatic carbocycles. The number of benzene rings is 1. The molecule has 0 bridgehead atoms. The van der Waals surface area contributed by atoms with E-state index in [2.05, 4.69) is 0 Å². The Hall–Kier alpha value is -2.18.